The number of carbonyl (C=O) groups excluding carboxylic acids is 1. The maximum absolute atomic E-state index is 13.4. The lowest BCUT2D eigenvalue weighted by atomic mass is 10.1. The molecule has 2 aromatic carbocycles. The monoisotopic (exact) mass is 401 g/mol. The van der Waals surface area contributed by atoms with Gasteiger partial charge in [0.1, 0.15) is 11.6 Å². The van der Waals surface area contributed by atoms with Gasteiger partial charge in [-0.2, -0.15) is 4.98 Å². The van der Waals surface area contributed by atoms with Gasteiger partial charge >= 0.3 is 0 Å². The van der Waals surface area contributed by atoms with E-state index in [2.05, 4.69) is 10.1 Å². The predicted molar refractivity (Wildman–Crippen MR) is 98.9 cm³/mol. The molecule has 3 aromatic rings. The van der Waals surface area contributed by atoms with Crippen molar-refractivity contribution in [2.75, 3.05) is 25.7 Å². The molecule has 0 radical (unpaired) electrons. The van der Waals surface area contributed by atoms with Gasteiger partial charge in [0, 0.05) is 42.3 Å². The molecule has 7 nitrogen and oxygen atoms in total. The summed E-state index contributed by atoms with van der Waals surface area (Å²) in [5.74, 6) is -0.528. The summed E-state index contributed by atoms with van der Waals surface area (Å²) >= 11 is 0. The zero-order valence-electron chi connectivity index (χ0n) is 15.7. The van der Waals surface area contributed by atoms with Crippen LogP contribution in [0, 0.1) is 11.6 Å². The first-order valence-corrected chi connectivity index (χ1v) is 8.81. The Bertz CT molecular complexity index is 1050. The molecule has 9 heteroatoms. The molecule has 1 unspecified atom stereocenters. The number of aromatic nitrogens is 2. The fourth-order valence-electron chi connectivity index (χ4n) is 3.32. The van der Waals surface area contributed by atoms with Crippen molar-refractivity contribution in [3.63, 3.8) is 0 Å². The fraction of sp³-hybridized carbons (Fsp3) is 0.250. The third-order valence-electron chi connectivity index (χ3n) is 4.72. The van der Waals surface area contributed by atoms with E-state index in [0.29, 0.717) is 29.6 Å². The highest BCUT2D eigenvalue weighted by atomic mass is 19.1. The standard InChI is InChI=1S/C20H17F2N3O4/c1-27-16-4-3-15(9-17(16)28-2)25-10-12(7-18(25)26)19-23-20(29-24-19)11-5-13(21)8-14(22)6-11/h3-6,8-9,12H,7,10H2,1-2H3. The Kier molecular flexibility index (Phi) is 4.87. The zero-order chi connectivity index (χ0) is 20.5. The lowest BCUT2D eigenvalue weighted by molar-refractivity contribution is -0.117. The molecule has 0 spiro atoms. The number of methoxy groups -OCH3 is 2. The number of benzene rings is 2. The first-order chi connectivity index (χ1) is 14.0. The molecule has 1 saturated heterocycles. The number of ether oxygens (including phenoxy) is 2. The quantitative estimate of drug-likeness (QED) is 0.651. The summed E-state index contributed by atoms with van der Waals surface area (Å²) in [5.41, 5.74) is 0.799. The molecule has 0 N–H and O–H groups in total. The van der Waals surface area contributed by atoms with Crippen LogP contribution in [-0.2, 0) is 4.79 Å². The van der Waals surface area contributed by atoms with Crippen molar-refractivity contribution in [2.24, 2.45) is 0 Å². The Morgan fingerprint density at radius 3 is 2.48 bits per heavy atom. The molecule has 1 aliphatic heterocycles. The van der Waals surface area contributed by atoms with Crippen molar-refractivity contribution in [3.05, 3.63) is 53.9 Å². The highest BCUT2D eigenvalue weighted by Gasteiger charge is 2.35. The summed E-state index contributed by atoms with van der Waals surface area (Å²) in [5, 5.41) is 3.90. The molecule has 150 valence electrons. The number of rotatable bonds is 5. The normalized spacial score (nSPS) is 16.3. The third kappa shape index (κ3) is 3.63. The fourth-order valence-corrected chi connectivity index (χ4v) is 3.32. The number of carbonyl (C=O) groups is 1. The highest BCUT2D eigenvalue weighted by molar-refractivity contribution is 5.96. The van der Waals surface area contributed by atoms with Crippen LogP contribution in [-0.4, -0.2) is 36.8 Å². The molecule has 0 aliphatic carbocycles. The van der Waals surface area contributed by atoms with Gasteiger partial charge in [0.2, 0.25) is 5.91 Å². The van der Waals surface area contributed by atoms with Gasteiger partial charge in [-0.1, -0.05) is 5.16 Å². The SMILES string of the molecule is COc1ccc(N2CC(c3noc(-c4cc(F)cc(F)c4)n3)CC2=O)cc1OC. The second kappa shape index (κ2) is 7.50. The van der Waals surface area contributed by atoms with Crippen LogP contribution in [0.3, 0.4) is 0 Å². The number of anilines is 1. The van der Waals surface area contributed by atoms with Gasteiger partial charge in [0.15, 0.2) is 17.3 Å². The third-order valence-corrected chi connectivity index (χ3v) is 4.72. The summed E-state index contributed by atoms with van der Waals surface area (Å²) in [6, 6.07) is 8.18. The Hall–Kier alpha value is -3.49. The molecule has 0 bridgehead atoms. The van der Waals surface area contributed by atoms with Gasteiger partial charge in [-0.25, -0.2) is 8.78 Å². The summed E-state index contributed by atoms with van der Waals surface area (Å²) in [6.07, 6.45) is 0.185. The second-order valence-electron chi connectivity index (χ2n) is 6.56. The smallest absolute Gasteiger partial charge is 0.258 e. The average Bonchev–Trinajstić information content (AvgIpc) is 3.33. The minimum Gasteiger partial charge on any atom is -0.493 e. The van der Waals surface area contributed by atoms with E-state index in [1.807, 2.05) is 0 Å². The van der Waals surface area contributed by atoms with Crippen molar-refractivity contribution >= 4 is 11.6 Å². The minimum absolute atomic E-state index is 0.00424. The van der Waals surface area contributed by atoms with Crippen molar-refractivity contribution in [1.82, 2.24) is 10.1 Å². The average molecular weight is 401 g/mol. The molecule has 1 amide bonds. The molecule has 1 atom stereocenters. The lowest BCUT2D eigenvalue weighted by Gasteiger charge is -2.18. The van der Waals surface area contributed by atoms with Crippen LogP contribution in [0.5, 0.6) is 11.5 Å². The first kappa shape index (κ1) is 18.9. The number of amides is 1. The number of nitrogens with zero attached hydrogens (tertiary/aromatic N) is 3. The molecule has 1 aliphatic rings. The van der Waals surface area contributed by atoms with E-state index in [4.69, 9.17) is 14.0 Å². The van der Waals surface area contributed by atoms with Gasteiger partial charge in [0.25, 0.3) is 5.89 Å². The molecule has 29 heavy (non-hydrogen) atoms. The second-order valence-corrected chi connectivity index (χ2v) is 6.56. The Labute approximate surface area is 164 Å². The van der Waals surface area contributed by atoms with E-state index >= 15 is 0 Å². The van der Waals surface area contributed by atoms with Gasteiger partial charge in [-0.15, -0.1) is 0 Å². The van der Waals surface area contributed by atoms with Gasteiger partial charge in [-0.3, -0.25) is 4.79 Å². The van der Waals surface area contributed by atoms with Crippen LogP contribution in [0.1, 0.15) is 18.2 Å². The molecule has 0 saturated carbocycles. The maximum atomic E-state index is 13.4. The Morgan fingerprint density at radius 1 is 1.07 bits per heavy atom. The summed E-state index contributed by atoms with van der Waals surface area (Å²) in [4.78, 5) is 18.4. The van der Waals surface area contributed by atoms with Crippen molar-refractivity contribution in [3.8, 4) is 23.0 Å². The number of hydrogen-bond donors (Lipinski definition) is 0. The van der Waals surface area contributed by atoms with Gasteiger partial charge in [-0.05, 0) is 24.3 Å². The topological polar surface area (TPSA) is 77.7 Å². The molecular weight excluding hydrogens is 384 g/mol. The van der Waals surface area contributed by atoms with Crippen LogP contribution in [0.4, 0.5) is 14.5 Å². The van der Waals surface area contributed by atoms with Crippen LogP contribution < -0.4 is 14.4 Å². The largest absolute Gasteiger partial charge is 0.493 e. The van der Waals surface area contributed by atoms with Crippen molar-refractivity contribution < 1.29 is 27.6 Å². The van der Waals surface area contributed by atoms with E-state index in [9.17, 15) is 13.6 Å². The Balaban J connectivity index is 1.56. The Morgan fingerprint density at radius 2 is 1.79 bits per heavy atom. The molecule has 2 heterocycles. The van der Waals surface area contributed by atoms with E-state index in [0.717, 1.165) is 18.2 Å². The van der Waals surface area contributed by atoms with Crippen molar-refractivity contribution in [1.29, 1.82) is 0 Å². The lowest BCUT2D eigenvalue weighted by Crippen LogP contribution is -2.24. The van der Waals surface area contributed by atoms with Crippen LogP contribution in [0.15, 0.2) is 40.9 Å². The van der Waals surface area contributed by atoms with Crippen molar-refractivity contribution in [2.45, 2.75) is 12.3 Å². The van der Waals surface area contributed by atoms with Gasteiger partial charge < -0.3 is 18.9 Å². The molecule has 4 rings (SSSR count). The van der Waals surface area contributed by atoms with E-state index in [1.54, 1.807) is 23.1 Å². The highest BCUT2D eigenvalue weighted by Crippen LogP contribution is 2.36. The summed E-state index contributed by atoms with van der Waals surface area (Å²) < 4.78 is 42.5. The van der Waals surface area contributed by atoms with E-state index in [-0.39, 0.29) is 29.7 Å². The first-order valence-electron chi connectivity index (χ1n) is 8.81. The van der Waals surface area contributed by atoms with Crippen LogP contribution in [0.2, 0.25) is 0 Å². The summed E-state index contributed by atoms with van der Waals surface area (Å²) in [6.45, 7) is 0.338. The summed E-state index contributed by atoms with van der Waals surface area (Å²) in [7, 11) is 3.05. The maximum Gasteiger partial charge on any atom is 0.258 e. The van der Waals surface area contributed by atoms with Crippen LogP contribution >= 0.6 is 0 Å². The number of hydrogen-bond acceptors (Lipinski definition) is 6. The predicted octanol–water partition coefficient (Wildman–Crippen LogP) is 3.55. The zero-order valence-corrected chi connectivity index (χ0v) is 15.7. The van der Waals surface area contributed by atoms with Crippen LogP contribution in [0.25, 0.3) is 11.5 Å². The van der Waals surface area contributed by atoms with E-state index in [1.165, 1.54) is 14.2 Å². The molecule has 1 aromatic heterocycles. The molecular formula is C20H17F2N3O4. The van der Waals surface area contributed by atoms with Gasteiger partial charge in [0.05, 0.1) is 14.2 Å². The molecule has 1 fully saturated rings. The van der Waals surface area contributed by atoms with E-state index < -0.39 is 11.6 Å². The minimum atomic E-state index is -0.740. The number of halogens is 2.